The summed E-state index contributed by atoms with van der Waals surface area (Å²) in [5, 5.41) is 0. The largest absolute Gasteiger partial charge is 0.487 e. The third-order valence-electron chi connectivity index (χ3n) is 6.46. The SMILES string of the molecule is Cc1ncc2c(n1)C1(CCCN(Cc3ccc(OCc4ccccn4)cc3)C1)CC2. The standard InChI is InChI=1S/C25H28N4O/c1-19-27-15-21-10-12-25(24(21)28-19)11-4-14-29(18-25)16-20-6-8-23(9-7-20)30-17-22-5-2-3-13-26-22/h2-3,5-9,13,15H,4,10-12,14,16-18H2,1H3. The van der Waals surface area contributed by atoms with Gasteiger partial charge >= 0.3 is 0 Å². The molecule has 0 bridgehead atoms. The summed E-state index contributed by atoms with van der Waals surface area (Å²) in [6.45, 7) is 5.72. The van der Waals surface area contributed by atoms with Crippen LogP contribution in [0, 0.1) is 6.92 Å². The van der Waals surface area contributed by atoms with E-state index in [-0.39, 0.29) is 5.41 Å². The molecule has 1 aliphatic carbocycles. The second-order valence-corrected chi connectivity index (χ2v) is 8.64. The number of benzene rings is 1. The first-order valence-corrected chi connectivity index (χ1v) is 10.9. The summed E-state index contributed by atoms with van der Waals surface area (Å²) in [7, 11) is 0. The highest BCUT2D eigenvalue weighted by atomic mass is 16.5. The van der Waals surface area contributed by atoms with E-state index < -0.39 is 0 Å². The highest BCUT2D eigenvalue weighted by Gasteiger charge is 2.43. The van der Waals surface area contributed by atoms with Crippen LogP contribution in [0.3, 0.4) is 0 Å². The highest BCUT2D eigenvalue weighted by molar-refractivity contribution is 5.34. The van der Waals surface area contributed by atoms with Crippen molar-refractivity contribution in [1.82, 2.24) is 19.9 Å². The Morgan fingerprint density at radius 3 is 2.80 bits per heavy atom. The number of piperidine rings is 1. The molecule has 0 amide bonds. The Hall–Kier alpha value is -2.79. The Morgan fingerprint density at radius 2 is 1.97 bits per heavy atom. The molecule has 2 aromatic heterocycles. The summed E-state index contributed by atoms with van der Waals surface area (Å²) in [6, 6.07) is 14.4. The van der Waals surface area contributed by atoms with Crippen molar-refractivity contribution in [3.8, 4) is 5.75 Å². The van der Waals surface area contributed by atoms with Crippen molar-refractivity contribution in [2.75, 3.05) is 13.1 Å². The second-order valence-electron chi connectivity index (χ2n) is 8.64. The summed E-state index contributed by atoms with van der Waals surface area (Å²) in [6.07, 6.45) is 8.64. The molecule has 0 saturated carbocycles. The normalized spacial score (nSPS) is 21.0. The number of pyridine rings is 1. The number of nitrogens with zero attached hydrogens (tertiary/aromatic N) is 4. The van der Waals surface area contributed by atoms with Crippen molar-refractivity contribution in [3.05, 3.63) is 83.2 Å². The Balaban J connectivity index is 1.23. The van der Waals surface area contributed by atoms with Gasteiger partial charge in [-0.15, -0.1) is 0 Å². The molecule has 3 heterocycles. The maximum absolute atomic E-state index is 5.87. The Labute approximate surface area is 178 Å². The van der Waals surface area contributed by atoms with Gasteiger partial charge in [0.15, 0.2) is 0 Å². The monoisotopic (exact) mass is 400 g/mol. The molecule has 1 fully saturated rings. The highest BCUT2D eigenvalue weighted by Crippen LogP contribution is 2.44. The van der Waals surface area contributed by atoms with E-state index in [9.17, 15) is 0 Å². The third kappa shape index (κ3) is 3.94. The molecule has 1 unspecified atom stereocenters. The zero-order valence-electron chi connectivity index (χ0n) is 17.6. The number of rotatable bonds is 5. The number of hydrogen-bond acceptors (Lipinski definition) is 5. The molecular weight excluding hydrogens is 372 g/mol. The lowest BCUT2D eigenvalue weighted by Gasteiger charge is -2.40. The van der Waals surface area contributed by atoms with E-state index in [4.69, 9.17) is 9.72 Å². The van der Waals surface area contributed by atoms with Crippen LogP contribution in [0.4, 0.5) is 0 Å². The van der Waals surface area contributed by atoms with Gasteiger partial charge in [-0.3, -0.25) is 9.88 Å². The predicted octanol–water partition coefficient (Wildman–Crippen LogP) is 4.24. The van der Waals surface area contributed by atoms with E-state index in [1.54, 1.807) is 6.20 Å². The van der Waals surface area contributed by atoms with E-state index in [1.165, 1.54) is 36.1 Å². The van der Waals surface area contributed by atoms with Gasteiger partial charge in [0.05, 0.1) is 11.4 Å². The van der Waals surface area contributed by atoms with Crippen LogP contribution in [0.1, 0.15) is 47.6 Å². The van der Waals surface area contributed by atoms with Gasteiger partial charge in [0, 0.05) is 30.9 Å². The van der Waals surface area contributed by atoms with Crippen molar-refractivity contribution < 1.29 is 4.74 Å². The van der Waals surface area contributed by atoms with Crippen molar-refractivity contribution in [2.45, 2.75) is 51.2 Å². The Morgan fingerprint density at radius 1 is 1.07 bits per heavy atom. The van der Waals surface area contributed by atoms with E-state index in [1.807, 2.05) is 25.1 Å². The zero-order valence-corrected chi connectivity index (χ0v) is 17.6. The number of hydrogen-bond donors (Lipinski definition) is 0. The van der Waals surface area contributed by atoms with Crippen LogP contribution in [0.15, 0.2) is 54.9 Å². The van der Waals surface area contributed by atoms with Gasteiger partial charge in [-0.25, -0.2) is 9.97 Å². The van der Waals surface area contributed by atoms with E-state index >= 15 is 0 Å². The molecule has 2 aliphatic rings. The molecule has 5 rings (SSSR count). The number of aryl methyl sites for hydroxylation is 2. The molecule has 1 aliphatic heterocycles. The third-order valence-corrected chi connectivity index (χ3v) is 6.46. The van der Waals surface area contributed by atoms with Crippen molar-refractivity contribution in [3.63, 3.8) is 0 Å². The fourth-order valence-electron chi connectivity index (χ4n) is 4.98. The van der Waals surface area contributed by atoms with E-state index in [0.717, 1.165) is 43.3 Å². The minimum atomic E-state index is 0.215. The van der Waals surface area contributed by atoms with Crippen molar-refractivity contribution >= 4 is 0 Å². The summed E-state index contributed by atoms with van der Waals surface area (Å²) >= 11 is 0. The molecule has 3 aromatic rings. The van der Waals surface area contributed by atoms with Gasteiger partial charge in [-0.1, -0.05) is 18.2 Å². The maximum Gasteiger partial charge on any atom is 0.130 e. The lowest BCUT2D eigenvalue weighted by molar-refractivity contribution is 0.136. The second kappa shape index (κ2) is 8.15. The van der Waals surface area contributed by atoms with Crippen LogP contribution in [-0.4, -0.2) is 32.9 Å². The first-order chi connectivity index (χ1) is 14.7. The van der Waals surface area contributed by atoms with Crippen LogP contribution in [0.2, 0.25) is 0 Å². The van der Waals surface area contributed by atoms with Crippen LogP contribution in [-0.2, 0) is 25.0 Å². The topological polar surface area (TPSA) is 51.1 Å². The fraction of sp³-hybridized carbons (Fsp3) is 0.400. The number of fused-ring (bicyclic) bond motifs is 2. The van der Waals surface area contributed by atoms with Gasteiger partial charge in [-0.05, 0) is 74.5 Å². The average Bonchev–Trinajstić information content (AvgIpc) is 3.11. The van der Waals surface area contributed by atoms with Crippen molar-refractivity contribution in [2.24, 2.45) is 0 Å². The molecule has 1 aromatic carbocycles. The Bertz CT molecular complexity index is 1000. The number of aromatic nitrogens is 3. The molecule has 0 radical (unpaired) electrons. The molecule has 30 heavy (non-hydrogen) atoms. The quantitative estimate of drug-likeness (QED) is 0.641. The van der Waals surface area contributed by atoms with Gasteiger partial charge in [0.25, 0.3) is 0 Å². The van der Waals surface area contributed by atoms with Crippen molar-refractivity contribution in [1.29, 1.82) is 0 Å². The van der Waals surface area contributed by atoms with Crippen LogP contribution < -0.4 is 4.74 Å². The first kappa shape index (κ1) is 19.2. The molecule has 1 saturated heterocycles. The minimum absolute atomic E-state index is 0.215. The lowest BCUT2D eigenvalue weighted by atomic mass is 9.77. The smallest absolute Gasteiger partial charge is 0.130 e. The van der Waals surface area contributed by atoms with Crippen LogP contribution >= 0.6 is 0 Å². The van der Waals surface area contributed by atoms with Gasteiger partial charge in [0.1, 0.15) is 18.2 Å². The lowest BCUT2D eigenvalue weighted by Crippen LogP contribution is -2.45. The molecule has 5 nitrogen and oxygen atoms in total. The predicted molar refractivity (Wildman–Crippen MR) is 116 cm³/mol. The molecule has 0 N–H and O–H groups in total. The first-order valence-electron chi connectivity index (χ1n) is 10.9. The summed E-state index contributed by atoms with van der Waals surface area (Å²) in [5.74, 6) is 1.78. The minimum Gasteiger partial charge on any atom is -0.487 e. The maximum atomic E-state index is 5.87. The van der Waals surface area contributed by atoms with Gasteiger partial charge in [0.2, 0.25) is 0 Å². The molecule has 154 valence electrons. The molecule has 1 spiro atoms. The van der Waals surface area contributed by atoms with Crippen LogP contribution in [0.25, 0.3) is 0 Å². The fourth-order valence-corrected chi connectivity index (χ4v) is 4.98. The number of ether oxygens (including phenoxy) is 1. The molecular formula is C25H28N4O. The Kier molecular flexibility index (Phi) is 5.21. The van der Waals surface area contributed by atoms with Gasteiger partial charge < -0.3 is 4.74 Å². The summed E-state index contributed by atoms with van der Waals surface area (Å²) in [4.78, 5) is 16.2. The van der Waals surface area contributed by atoms with Gasteiger partial charge in [-0.2, -0.15) is 0 Å². The van der Waals surface area contributed by atoms with E-state index in [0.29, 0.717) is 6.61 Å². The van der Waals surface area contributed by atoms with Crippen LogP contribution in [0.5, 0.6) is 5.75 Å². The summed E-state index contributed by atoms with van der Waals surface area (Å²) < 4.78 is 5.87. The summed E-state index contributed by atoms with van der Waals surface area (Å²) in [5.41, 5.74) is 5.16. The number of likely N-dealkylation sites (tertiary alicyclic amines) is 1. The van der Waals surface area contributed by atoms with E-state index in [2.05, 4.69) is 45.3 Å². The average molecular weight is 401 g/mol. The molecule has 5 heteroatoms. The molecule has 1 atom stereocenters. The zero-order chi connectivity index (χ0) is 20.4.